The van der Waals surface area contributed by atoms with E-state index in [0.29, 0.717) is 0 Å². The fraction of sp³-hybridized carbons (Fsp3) is 0.333. The molecule has 0 aliphatic rings. The van der Waals surface area contributed by atoms with Gasteiger partial charge in [0.05, 0.1) is 5.03 Å². The van der Waals surface area contributed by atoms with Crippen molar-refractivity contribution < 1.29 is 8.78 Å². The second-order valence-electron chi connectivity index (χ2n) is 0.690. The minimum absolute atomic E-state index is 0.0293. The van der Waals surface area contributed by atoms with Gasteiger partial charge in [-0.2, -0.15) is 0 Å². The van der Waals surface area contributed by atoms with Gasteiger partial charge >= 0.3 is 0 Å². The fourth-order valence-corrected chi connectivity index (χ4v) is 0.0292. The van der Waals surface area contributed by atoms with E-state index in [9.17, 15) is 8.78 Å². The van der Waals surface area contributed by atoms with E-state index < -0.39 is 11.7 Å². The van der Waals surface area contributed by atoms with Crippen LogP contribution in [0.2, 0.25) is 0 Å². The minimum Gasteiger partial charge on any atom is -0.245 e. The van der Waals surface area contributed by atoms with Crippen molar-refractivity contribution in [3.63, 3.8) is 0 Å². The molecule has 0 bridgehead atoms. The topological polar surface area (TPSA) is 0 Å². The standard InChI is InChI=1S/C3H3ClF2/c4-3(1-5)2-6/h1H,2H2. The average Bonchev–Trinajstić information content (AvgIpc) is 1.65. The summed E-state index contributed by atoms with van der Waals surface area (Å²) in [6.45, 7) is -0.919. The Morgan fingerprint density at radius 2 is 2.33 bits per heavy atom. The van der Waals surface area contributed by atoms with Crippen molar-refractivity contribution in [1.82, 2.24) is 0 Å². The summed E-state index contributed by atoms with van der Waals surface area (Å²) >= 11 is 4.76. The van der Waals surface area contributed by atoms with Crippen molar-refractivity contribution >= 4 is 11.6 Å². The number of alkyl halides is 1. The van der Waals surface area contributed by atoms with Crippen molar-refractivity contribution in [3.8, 4) is 0 Å². The highest BCUT2D eigenvalue weighted by molar-refractivity contribution is 6.29. The molecule has 0 radical (unpaired) electrons. The van der Waals surface area contributed by atoms with Crippen LogP contribution in [-0.2, 0) is 0 Å². The van der Waals surface area contributed by atoms with Crippen molar-refractivity contribution in [1.29, 1.82) is 0 Å². The van der Waals surface area contributed by atoms with E-state index in [1.807, 2.05) is 0 Å². The molecule has 0 nitrogen and oxygen atoms in total. The van der Waals surface area contributed by atoms with Gasteiger partial charge in [-0.15, -0.1) is 0 Å². The van der Waals surface area contributed by atoms with Gasteiger partial charge in [-0.1, -0.05) is 11.6 Å². The molecule has 0 aromatic carbocycles. The molecule has 3 heteroatoms. The highest BCUT2D eigenvalue weighted by atomic mass is 35.5. The van der Waals surface area contributed by atoms with Crippen LogP contribution in [0.1, 0.15) is 0 Å². The van der Waals surface area contributed by atoms with Gasteiger partial charge in [0.15, 0.2) is 0 Å². The third-order valence-corrected chi connectivity index (χ3v) is 0.430. The summed E-state index contributed by atoms with van der Waals surface area (Å²) in [6.07, 6.45) is 0.0293. The second kappa shape index (κ2) is 3.09. The van der Waals surface area contributed by atoms with Gasteiger partial charge in [-0.05, 0) is 0 Å². The Morgan fingerprint density at radius 1 is 1.83 bits per heavy atom. The molecule has 36 valence electrons. The zero-order valence-electron chi connectivity index (χ0n) is 2.92. The molecule has 0 rings (SSSR count). The molecule has 0 fully saturated rings. The smallest absolute Gasteiger partial charge is 0.127 e. The first-order valence-electron chi connectivity index (χ1n) is 1.32. The highest BCUT2D eigenvalue weighted by Crippen LogP contribution is 1.99. The molecule has 0 unspecified atom stereocenters. The Kier molecular flexibility index (Phi) is 3.04. The quantitative estimate of drug-likeness (QED) is 0.487. The summed E-state index contributed by atoms with van der Waals surface area (Å²) in [6, 6.07) is 0. The van der Waals surface area contributed by atoms with E-state index in [2.05, 4.69) is 0 Å². The minimum atomic E-state index is -0.919. The van der Waals surface area contributed by atoms with E-state index in [-0.39, 0.29) is 6.33 Å². The number of hydrogen-bond acceptors (Lipinski definition) is 0. The molecule has 0 aliphatic carbocycles. The number of rotatable bonds is 1. The number of allylic oxidation sites excluding steroid dienone is 1. The van der Waals surface area contributed by atoms with Crippen LogP contribution in [0.15, 0.2) is 11.4 Å². The monoisotopic (exact) mass is 112 g/mol. The van der Waals surface area contributed by atoms with E-state index >= 15 is 0 Å². The molecule has 0 saturated carbocycles. The first kappa shape index (κ1) is 5.89. The van der Waals surface area contributed by atoms with Crippen molar-refractivity contribution in [2.45, 2.75) is 0 Å². The van der Waals surface area contributed by atoms with E-state index in [1.165, 1.54) is 0 Å². The lowest BCUT2D eigenvalue weighted by atomic mass is 10.7. The molecule has 0 heterocycles. The predicted molar refractivity (Wildman–Crippen MR) is 21.0 cm³/mol. The summed E-state index contributed by atoms with van der Waals surface area (Å²) in [5.41, 5.74) is 0. The first-order chi connectivity index (χ1) is 2.81. The van der Waals surface area contributed by atoms with Gasteiger partial charge in [-0.3, -0.25) is 0 Å². The Bertz CT molecular complexity index is 59.8. The lowest BCUT2D eigenvalue weighted by Gasteiger charge is -1.75. The summed E-state index contributed by atoms with van der Waals surface area (Å²) < 4.78 is 21.8. The van der Waals surface area contributed by atoms with Crippen molar-refractivity contribution in [2.24, 2.45) is 0 Å². The maximum Gasteiger partial charge on any atom is 0.127 e. The van der Waals surface area contributed by atoms with Crippen molar-refractivity contribution in [2.75, 3.05) is 6.67 Å². The van der Waals surface area contributed by atoms with Crippen LogP contribution in [0, 0.1) is 0 Å². The van der Waals surface area contributed by atoms with Crippen LogP contribution < -0.4 is 0 Å². The largest absolute Gasteiger partial charge is 0.245 e. The molecule has 0 atom stereocenters. The third kappa shape index (κ3) is 2.15. The molecule has 0 spiro atoms. The van der Waals surface area contributed by atoms with Gasteiger partial charge in [0.2, 0.25) is 0 Å². The summed E-state index contributed by atoms with van der Waals surface area (Å²) in [5.74, 6) is 0. The SMILES string of the molecule is FC=C(Cl)CF. The molecule has 6 heavy (non-hydrogen) atoms. The van der Waals surface area contributed by atoms with E-state index in [0.717, 1.165) is 0 Å². The highest BCUT2D eigenvalue weighted by Gasteiger charge is 1.83. The van der Waals surface area contributed by atoms with E-state index in [1.54, 1.807) is 0 Å². The number of hydrogen-bond donors (Lipinski definition) is 0. The normalized spacial score (nSPS) is 12.2. The number of halogens is 3. The molecular formula is C3H3ClF2. The van der Waals surface area contributed by atoms with Gasteiger partial charge in [0.25, 0.3) is 0 Å². The average molecular weight is 113 g/mol. The molecular weight excluding hydrogens is 109 g/mol. The van der Waals surface area contributed by atoms with Gasteiger partial charge in [0.1, 0.15) is 13.0 Å². The van der Waals surface area contributed by atoms with Gasteiger partial charge < -0.3 is 0 Å². The molecule has 0 aliphatic heterocycles. The fourth-order valence-electron chi connectivity index (χ4n) is 0.0292. The summed E-state index contributed by atoms with van der Waals surface area (Å²) in [4.78, 5) is 0. The Balaban J connectivity index is 3.22. The molecule has 0 aromatic rings. The molecule has 0 saturated heterocycles. The Labute approximate surface area is 39.4 Å². The van der Waals surface area contributed by atoms with Gasteiger partial charge in [0, 0.05) is 0 Å². The third-order valence-electron chi connectivity index (χ3n) is 0.246. The molecule has 0 amide bonds. The summed E-state index contributed by atoms with van der Waals surface area (Å²) in [7, 11) is 0. The second-order valence-corrected chi connectivity index (χ2v) is 1.18. The first-order valence-corrected chi connectivity index (χ1v) is 1.69. The van der Waals surface area contributed by atoms with Crippen LogP contribution in [0.4, 0.5) is 8.78 Å². The van der Waals surface area contributed by atoms with Crippen molar-refractivity contribution in [3.05, 3.63) is 11.4 Å². The Morgan fingerprint density at radius 3 is 2.33 bits per heavy atom. The van der Waals surface area contributed by atoms with E-state index in [4.69, 9.17) is 11.6 Å². The van der Waals surface area contributed by atoms with Crippen LogP contribution in [0.5, 0.6) is 0 Å². The predicted octanol–water partition coefficient (Wildman–Crippen LogP) is 2.01. The lowest BCUT2D eigenvalue weighted by molar-refractivity contribution is 0.547. The van der Waals surface area contributed by atoms with Crippen LogP contribution in [0.3, 0.4) is 0 Å². The van der Waals surface area contributed by atoms with Crippen LogP contribution in [0.25, 0.3) is 0 Å². The zero-order chi connectivity index (χ0) is 4.99. The van der Waals surface area contributed by atoms with Gasteiger partial charge in [-0.25, -0.2) is 8.78 Å². The van der Waals surface area contributed by atoms with Crippen LogP contribution in [-0.4, -0.2) is 6.67 Å². The van der Waals surface area contributed by atoms with Crippen LogP contribution >= 0.6 is 11.6 Å². The molecule has 0 aromatic heterocycles. The maximum absolute atomic E-state index is 10.9. The maximum atomic E-state index is 10.9. The Hall–Kier alpha value is -0.110. The summed E-state index contributed by atoms with van der Waals surface area (Å²) in [5, 5.41) is -0.394. The molecule has 0 N–H and O–H groups in total. The lowest BCUT2D eigenvalue weighted by Crippen LogP contribution is -1.66. The zero-order valence-corrected chi connectivity index (χ0v) is 3.67.